The number of hydrogen-bond donors (Lipinski definition) is 1. The van der Waals surface area contributed by atoms with Gasteiger partial charge in [0.25, 0.3) is 0 Å². The molecule has 2 aromatic carbocycles. The highest BCUT2D eigenvalue weighted by Crippen LogP contribution is 2.33. The Morgan fingerprint density at radius 2 is 1.78 bits per heavy atom. The lowest BCUT2D eigenvalue weighted by Gasteiger charge is -2.24. The molecule has 0 unspecified atom stereocenters. The average Bonchev–Trinajstić information content (AvgIpc) is 3.44. The minimum absolute atomic E-state index is 0.430. The Morgan fingerprint density at radius 3 is 2.49 bits per heavy atom. The molecule has 0 atom stereocenters. The number of hydrogen-bond acceptors (Lipinski definition) is 4. The molecule has 1 amide bonds. The number of H-pyrrole nitrogens is 1. The van der Waals surface area contributed by atoms with Crippen LogP contribution < -0.4 is 4.90 Å². The second-order valence-corrected chi connectivity index (χ2v) is 10.7. The van der Waals surface area contributed by atoms with Crippen LogP contribution in [0.5, 0.6) is 0 Å². The Hall–Kier alpha value is -4.09. The summed E-state index contributed by atoms with van der Waals surface area (Å²) in [6.45, 7) is 5.50. The molecule has 0 fully saturated rings. The van der Waals surface area contributed by atoms with E-state index in [0.29, 0.717) is 17.0 Å². The van der Waals surface area contributed by atoms with E-state index in [-0.39, 0.29) is 0 Å². The number of imidazole rings is 1. The van der Waals surface area contributed by atoms with Crippen molar-refractivity contribution in [3.05, 3.63) is 76.5 Å². The van der Waals surface area contributed by atoms with E-state index in [9.17, 15) is 4.79 Å². The molecule has 0 radical (unpaired) electrons. The number of halogens is 1. The summed E-state index contributed by atoms with van der Waals surface area (Å²) in [6, 6.07) is 18.0. The molecule has 7 nitrogen and oxygen atoms in total. The van der Waals surface area contributed by atoms with Crippen molar-refractivity contribution in [3.8, 4) is 23.1 Å². The third-order valence-corrected chi connectivity index (χ3v) is 6.25. The maximum Gasteiger partial charge on any atom is 0.415 e. The largest absolute Gasteiger partial charge is 0.443 e. The number of carbonyl (C=O) groups is 1. The quantitative estimate of drug-likeness (QED) is 0.247. The highest BCUT2D eigenvalue weighted by Gasteiger charge is 2.25. The first-order valence-corrected chi connectivity index (χ1v) is 12.6. The predicted octanol–water partition coefficient (Wildman–Crippen LogP) is 6.65. The van der Waals surface area contributed by atoms with Gasteiger partial charge in [-0.25, -0.2) is 14.8 Å². The highest BCUT2D eigenvalue weighted by atomic mass is 79.9. The van der Waals surface area contributed by atoms with Gasteiger partial charge in [-0.15, -0.1) is 0 Å². The van der Waals surface area contributed by atoms with Crippen molar-refractivity contribution < 1.29 is 9.53 Å². The predicted molar refractivity (Wildman–Crippen MR) is 151 cm³/mol. The zero-order valence-electron chi connectivity index (χ0n) is 21.3. The number of aryl methyl sites for hydroxylation is 1. The lowest BCUT2D eigenvalue weighted by Crippen LogP contribution is -2.34. The number of pyridine rings is 1. The van der Waals surface area contributed by atoms with E-state index in [4.69, 9.17) is 9.72 Å². The van der Waals surface area contributed by atoms with E-state index < -0.39 is 11.7 Å². The first kappa shape index (κ1) is 24.6. The maximum atomic E-state index is 12.8. The van der Waals surface area contributed by atoms with Crippen molar-refractivity contribution in [2.24, 2.45) is 7.05 Å². The molecular weight excluding hydrogens is 530 g/mol. The Morgan fingerprint density at radius 1 is 1.08 bits per heavy atom. The molecule has 1 N–H and O–H groups in total. The van der Waals surface area contributed by atoms with Crippen LogP contribution in [0.4, 0.5) is 10.6 Å². The molecule has 37 heavy (non-hydrogen) atoms. The van der Waals surface area contributed by atoms with Crippen LogP contribution in [-0.2, 0) is 11.8 Å². The first-order valence-electron chi connectivity index (χ1n) is 11.8. The molecule has 0 saturated heterocycles. The van der Waals surface area contributed by atoms with Gasteiger partial charge in [-0.2, -0.15) is 0 Å². The van der Waals surface area contributed by atoms with Gasteiger partial charge in [0.1, 0.15) is 16.8 Å². The fraction of sp³-hybridized carbons (Fsp3) is 0.207. The van der Waals surface area contributed by atoms with Crippen LogP contribution >= 0.6 is 15.9 Å². The number of nitrogens with zero attached hydrogens (tertiary/aromatic N) is 4. The SMILES string of the molecule is CN(C(=O)OC(C)(C)C)c1nc2[nH]c(-c3cccc(C#Cc4cccc(Br)c4)c3)cc2c2c1ncn2C. The summed E-state index contributed by atoms with van der Waals surface area (Å²) in [6.07, 6.45) is 1.23. The molecule has 0 aliphatic carbocycles. The molecule has 0 bridgehead atoms. The molecule has 3 heterocycles. The van der Waals surface area contributed by atoms with Crippen molar-refractivity contribution in [2.75, 3.05) is 11.9 Å². The highest BCUT2D eigenvalue weighted by molar-refractivity contribution is 9.10. The van der Waals surface area contributed by atoms with Crippen molar-refractivity contribution in [1.82, 2.24) is 19.5 Å². The molecule has 3 aromatic heterocycles. The van der Waals surface area contributed by atoms with Crippen LogP contribution in [0.15, 0.2) is 65.4 Å². The number of amides is 1. The third kappa shape index (κ3) is 5.09. The van der Waals surface area contributed by atoms with Crippen LogP contribution in [0.2, 0.25) is 0 Å². The molecule has 0 aliphatic rings. The van der Waals surface area contributed by atoms with E-state index in [1.54, 1.807) is 13.4 Å². The fourth-order valence-corrected chi connectivity index (χ4v) is 4.46. The maximum absolute atomic E-state index is 12.8. The fourth-order valence-electron chi connectivity index (χ4n) is 4.06. The molecule has 5 rings (SSSR count). The summed E-state index contributed by atoms with van der Waals surface area (Å²) >= 11 is 3.49. The van der Waals surface area contributed by atoms with Crippen molar-refractivity contribution in [2.45, 2.75) is 26.4 Å². The van der Waals surface area contributed by atoms with Crippen molar-refractivity contribution in [3.63, 3.8) is 0 Å². The molecular formula is C29H26BrN5O2. The van der Waals surface area contributed by atoms with Gasteiger partial charge in [-0.1, -0.05) is 46.0 Å². The second kappa shape index (κ2) is 9.41. The Labute approximate surface area is 223 Å². The summed E-state index contributed by atoms with van der Waals surface area (Å²) in [5.41, 5.74) is 5.26. The van der Waals surface area contributed by atoms with Gasteiger partial charge < -0.3 is 14.3 Å². The zero-order valence-corrected chi connectivity index (χ0v) is 22.8. The third-order valence-electron chi connectivity index (χ3n) is 5.75. The van der Waals surface area contributed by atoms with E-state index in [0.717, 1.165) is 37.8 Å². The smallest absolute Gasteiger partial charge is 0.415 e. The van der Waals surface area contributed by atoms with Crippen molar-refractivity contribution >= 4 is 49.9 Å². The molecule has 0 saturated carbocycles. The standard InChI is InChI=1S/C29H26BrN5O2/c1-29(2,3)37-28(36)35(5)27-24-25(34(4)17-31-24)22-16-23(32-26(22)33-27)20-10-6-8-18(14-20)12-13-19-9-7-11-21(30)15-19/h6-11,14-17H,1-5H3,(H,32,33). The Balaban J connectivity index is 1.56. The number of benzene rings is 2. The number of ether oxygens (including phenoxy) is 1. The van der Waals surface area contributed by atoms with Crippen LogP contribution in [0.3, 0.4) is 0 Å². The number of nitrogens with one attached hydrogen (secondary N) is 1. The van der Waals surface area contributed by atoms with Gasteiger partial charge in [0, 0.05) is 40.8 Å². The van der Waals surface area contributed by atoms with E-state index in [1.165, 1.54) is 4.90 Å². The van der Waals surface area contributed by atoms with E-state index >= 15 is 0 Å². The van der Waals surface area contributed by atoms with Gasteiger partial charge in [0.2, 0.25) is 0 Å². The number of anilines is 1. The summed E-state index contributed by atoms with van der Waals surface area (Å²) < 4.78 is 8.49. The van der Waals surface area contributed by atoms with Gasteiger partial charge in [-0.05, 0) is 62.7 Å². The van der Waals surface area contributed by atoms with Crippen LogP contribution in [0.25, 0.3) is 33.3 Å². The van der Waals surface area contributed by atoms with Crippen molar-refractivity contribution in [1.29, 1.82) is 0 Å². The zero-order chi connectivity index (χ0) is 26.3. The van der Waals surface area contributed by atoms with E-state index in [1.807, 2.05) is 80.9 Å². The number of aromatic nitrogens is 4. The topological polar surface area (TPSA) is 76.0 Å². The van der Waals surface area contributed by atoms with Gasteiger partial charge in [0.15, 0.2) is 5.82 Å². The summed E-state index contributed by atoms with van der Waals surface area (Å²) in [4.78, 5) is 26.9. The number of rotatable bonds is 2. The minimum Gasteiger partial charge on any atom is -0.443 e. The number of carbonyl (C=O) groups excluding carboxylic acids is 1. The average molecular weight is 556 g/mol. The van der Waals surface area contributed by atoms with Crippen LogP contribution in [0, 0.1) is 11.8 Å². The lowest BCUT2D eigenvalue weighted by molar-refractivity contribution is 0.0588. The number of fused-ring (bicyclic) bond motifs is 3. The first-order chi connectivity index (χ1) is 17.6. The monoisotopic (exact) mass is 555 g/mol. The van der Waals surface area contributed by atoms with E-state index in [2.05, 4.69) is 43.8 Å². The lowest BCUT2D eigenvalue weighted by atomic mass is 10.1. The summed E-state index contributed by atoms with van der Waals surface area (Å²) in [7, 11) is 3.57. The Kier molecular flexibility index (Phi) is 6.26. The molecule has 0 spiro atoms. The molecule has 186 valence electrons. The normalized spacial score (nSPS) is 11.4. The van der Waals surface area contributed by atoms with Gasteiger partial charge in [-0.3, -0.25) is 4.90 Å². The molecule has 5 aromatic rings. The summed E-state index contributed by atoms with van der Waals surface area (Å²) in [5.74, 6) is 6.90. The second-order valence-electron chi connectivity index (χ2n) is 9.81. The Bertz CT molecular complexity index is 1720. The summed E-state index contributed by atoms with van der Waals surface area (Å²) in [5, 5.41) is 0.914. The van der Waals surface area contributed by atoms with Gasteiger partial charge in [0.05, 0.1) is 11.8 Å². The number of aromatic amines is 1. The molecule has 8 heteroatoms. The van der Waals surface area contributed by atoms with Crippen LogP contribution in [-0.4, -0.2) is 38.3 Å². The molecule has 0 aliphatic heterocycles. The van der Waals surface area contributed by atoms with Crippen LogP contribution in [0.1, 0.15) is 31.9 Å². The minimum atomic E-state index is -0.622. The van der Waals surface area contributed by atoms with Gasteiger partial charge >= 0.3 is 6.09 Å².